The molecule has 0 unspecified atom stereocenters. The molecular weight excluding hydrogens is 98.1 g/mol. The molecule has 0 bridgehead atoms. The van der Waals surface area contributed by atoms with Gasteiger partial charge in [-0.3, -0.25) is 0 Å². The van der Waals surface area contributed by atoms with Crippen molar-refractivity contribution in [1.82, 2.24) is 0 Å². The highest BCUT2D eigenvalue weighted by Gasteiger charge is 1.63. The highest BCUT2D eigenvalue weighted by Crippen LogP contribution is 1.77. The van der Waals surface area contributed by atoms with Crippen LogP contribution in [0.15, 0.2) is 24.4 Å². The van der Waals surface area contributed by atoms with Gasteiger partial charge in [0.25, 0.3) is 0 Å². The van der Waals surface area contributed by atoms with E-state index in [0.717, 1.165) is 6.42 Å². The van der Waals surface area contributed by atoms with Gasteiger partial charge in [0.2, 0.25) is 0 Å². The largest absolute Gasteiger partial charge is 0.322 e. The molecule has 0 aromatic carbocycles. The van der Waals surface area contributed by atoms with Gasteiger partial charge in [0.15, 0.2) is 0 Å². The Balaban J connectivity index is 3.13. The Kier molecular flexibility index (Phi) is 5.99. The predicted molar refractivity (Wildman–Crippen MR) is 36.4 cm³/mol. The molecule has 0 atom stereocenters. The van der Waals surface area contributed by atoms with Gasteiger partial charge >= 0.3 is 0 Å². The Morgan fingerprint density at radius 1 is 1.38 bits per heavy atom. The normalized spacial score (nSPS) is 11.8. The standard InChI is InChI=1S/C7H13N/c1-3-4-5-6-7-8-2/h4-8H,3H2,1-2H3/p+1/b5-4-,7-6-. The van der Waals surface area contributed by atoms with Gasteiger partial charge in [-0.15, -0.1) is 0 Å². The smallest absolute Gasteiger partial charge is 0.0923 e. The monoisotopic (exact) mass is 112 g/mol. The first kappa shape index (κ1) is 7.44. The molecule has 1 nitrogen and oxygen atoms in total. The fourth-order valence-electron chi connectivity index (χ4n) is 0.390. The maximum atomic E-state index is 2.12. The molecule has 0 aromatic rings. The lowest BCUT2D eigenvalue weighted by molar-refractivity contribution is -0.556. The van der Waals surface area contributed by atoms with Gasteiger partial charge in [-0.25, -0.2) is 0 Å². The summed E-state index contributed by atoms with van der Waals surface area (Å²) in [6.45, 7) is 2.12. The predicted octanol–water partition coefficient (Wildman–Crippen LogP) is 0.660. The van der Waals surface area contributed by atoms with Gasteiger partial charge in [0, 0.05) is 0 Å². The molecule has 0 aromatic heterocycles. The van der Waals surface area contributed by atoms with Gasteiger partial charge in [-0.2, -0.15) is 0 Å². The lowest BCUT2D eigenvalue weighted by Crippen LogP contribution is -2.72. The molecule has 2 N–H and O–H groups in total. The number of hydrogen-bond donors (Lipinski definition) is 1. The maximum absolute atomic E-state index is 2.12. The second-order valence-corrected chi connectivity index (χ2v) is 1.55. The molecule has 46 valence electrons. The Morgan fingerprint density at radius 2 is 2.12 bits per heavy atom. The Labute approximate surface area is 51.1 Å². The third-order valence-corrected chi connectivity index (χ3v) is 0.786. The number of nitrogens with two attached hydrogens (primary N) is 1. The Hall–Kier alpha value is -0.560. The molecule has 0 amide bonds. The molecule has 1 heteroatoms. The minimum absolute atomic E-state index is 1.12. The van der Waals surface area contributed by atoms with Crippen molar-refractivity contribution in [1.29, 1.82) is 0 Å². The van der Waals surface area contributed by atoms with Crippen LogP contribution in [0.4, 0.5) is 0 Å². The van der Waals surface area contributed by atoms with Crippen molar-refractivity contribution in [3.63, 3.8) is 0 Å². The maximum Gasteiger partial charge on any atom is 0.0923 e. The van der Waals surface area contributed by atoms with Crippen molar-refractivity contribution in [2.45, 2.75) is 13.3 Å². The number of quaternary nitrogens is 1. The molecule has 0 aliphatic carbocycles. The first-order chi connectivity index (χ1) is 3.91. The zero-order valence-corrected chi connectivity index (χ0v) is 5.59. The number of rotatable bonds is 3. The summed E-state index contributed by atoms with van der Waals surface area (Å²) in [6, 6.07) is 0. The molecule has 0 heterocycles. The fourth-order valence-corrected chi connectivity index (χ4v) is 0.390. The van der Waals surface area contributed by atoms with Crippen LogP contribution < -0.4 is 5.32 Å². The summed E-state index contributed by atoms with van der Waals surface area (Å²) in [5, 5.41) is 2.01. The van der Waals surface area contributed by atoms with Crippen LogP contribution >= 0.6 is 0 Å². The SMILES string of the molecule is CC/C=C\C=C/[NH2+]C. The van der Waals surface area contributed by atoms with Crippen molar-refractivity contribution in [2.24, 2.45) is 0 Å². The lowest BCUT2D eigenvalue weighted by Gasteiger charge is -1.74. The van der Waals surface area contributed by atoms with E-state index in [9.17, 15) is 0 Å². The quantitative estimate of drug-likeness (QED) is 0.516. The van der Waals surface area contributed by atoms with E-state index in [1.807, 2.05) is 24.6 Å². The zero-order chi connectivity index (χ0) is 6.24. The van der Waals surface area contributed by atoms with E-state index in [-0.39, 0.29) is 0 Å². The van der Waals surface area contributed by atoms with Crippen molar-refractivity contribution in [3.05, 3.63) is 24.4 Å². The average Bonchev–Trinajstić information content (AvgIpc) is 1.81. The second-order valence-electron chi connectivity index (χ2n) is 1.55. The molecule has 0 fully saturated rings. The van der Waals surface area contributed by atoms with Crippen LogP contribution in [0.3, 0.4) is 0 Å². The molecule has 0 spiro atoms. The van der Waals surface area contributed by atoms with E-state index in [4.69, 9.17) is 0 Å². The molecular formula is C7H14N+. The third kappa shape index (κ3) is 5.44. The van der Waals surface area contributed by atoms with Crippen molar-refractivity contribution >= 4 is 0 Å². The van der Waals surface area contributed by atoms with E-state index in [1.165, 1.54) is 0 Å². The molecule has 0 saturated heterocycles. The molecule has 0 radical (unpaired) electrons. The van der Waals surface area contributed by atoms with E-state index in [0.29, 0.717) is 0 Å². The van der Waals surface area contributed by atoms with Gasteiger partial charge in [0.05, 0.1) is 13.2 Å². The van der Waals surface area contributed by atoms with Gasteiger partial charge < -0.3 is 5.32 Å². The Morgan fingerprint density at radius 3 is 2.62 bits per heavy atom. The summed E-state index contributed by atoms with van der Waals surface area (Å²) >= 11 is 0. The van der Waals surface area contributed by atoms with Crippen LogP contribution in [-0.4, -0.2) is 7.05 Å². The highest BCUT2D eigenvalue weighted by molar-refractivity contribution is 4.98. The fraction of sp³-hybridized carbons (Fsp3) is 0.429. The van der Waals surface area contributed by atoms with E-state index >= 15 is 0 Å². The summed E-state index contributed by atoms with van der Waals surface area (Å²) in [4.78, 5) is 0. The minimum atomic E-state index is 1.12. The van der Waals surface area contributed by atoms with Crippen molar-refractivity contribution in [3.8, 4) is 0 Å². The van der Waals surface area contributed by atoms with Gasteiger partial charge in [-0.1, -0.05) is 19.1 Å². The molecule has 8 heavy (non-hydrogen) atoms. The zero-order valence-electron chi connectivity index (χ0n) is 5.59. The summed E-state index contributed by atoms with van der Waals surface area (Å²) in [6.07, 6.45) is 9.35. The van der Waals surface area contributed by atoms with Crippen LogP contribution in [0.5, 0.6) is 0 Å². The average molecular weight is 112 g/mol. The number of allylic oxidation sites excluding steroid dienone is 3. The van der Waals surface area contributed by atoms with Crippen LogP contribution in [0.25, 0.3) is 0 Å². The highest BCUT2D eigenvalue weighted by atomic mass is 14.8. The first-order valence-electron chi connectivity index (χ1n) is 3.03. The topological polar surface area (TPSA) is 16.6 Å². The van der Waals surface area contributed by atoms with Gasteiger partial charge in [0.1, 0.15) is 0 Å². The van der Waals surface area contributed by atoms with Crippen LogP contribution in [0.2, 0.25) is 0 Å². The third-order valence-electron chi connectivity index (χ3n) is 0.786. The van der Waals surface area contributed by atoms with E-state index in [2.05, 4.69) is 19.1 Å². The van der Waals surface area contributed by atoms with E-state index < -0.39 is 0 Å². The van der Waals surface area contributed by atoms with Crippen molar-refractivity contribution in [2.75, 3.05) is 7.05 Å². The lowest BCUT2D eigenvalue weighted by atomic mass is 10.4. The van der Waals surface area contributed by atoms with E-state index in [1.54, 1.807) is 0 Å². The molecule has 0 saturated carbocycles. The van der Waals surface area contributed by atoms with Crippen LogP contribution in [-0.2, 0) is 0 Å². The summed E-state index contributed by atoms with van der Waals surface area (Å²) in [5.74, 6) is 0. The molecule has 0 aliphatic rings. The van der Waals surface area contributed by atoms with Crippen LogP contribution in [0.1, 0.15) is 13.3 Å². The van der Waals surface area contributed by atoms with Crippen LogP contribution in [0, 0.1) is 0 Å². The molecule has 0 aliphatic heterocycles. The first-order valence-corrected chi connectivity index (χ1v) is 3.03. The van der Waals surface area contributed by atoms with Gasteiger partial charge in [-0.05, 0) is 12.5 Å². The van der Waals surface area contributed by atoms with Crippen molar-refractivity contribution < 1.29 is 5.32 Å². The minimum Gasteiger partial charge on any atom is -0.322 e. The Bertz CT molecular complexity index is 70.4. The summed E-state index contributed by atoms with van der Waals surface area (Å²) < 4.78 is 0. The summed E-state index contributed by atoms with van der Waals surface area (Å²) in [7, 11) is 2.01. The number of hydrogen-bond acceptors (Lipinski definition) is 0. The summed E-state index contributed by atoms with van der Waals surface area (Å²) in [5.41, 5.74) is 0. The second kappa shape index (κ2) is 6.44. The molecule has 0 rings (SSSR count).